The van der Waals surface area contributed by atoms with Crippen LogP contribution in [0.1, 0.15) is 11.1 Å². The molecule has 1 aromatic heterocycles. The predicted octanol–water partition coefficient (Wildman–Crippen LogP) is 2.11. The molecule has 3 N–H and O–H groups in total. The Morgan fingerprint density at radius 2 is 2.23 bits per heavy atom. The number of nitrogens with two attached hydrogens (primary N) is 1. The topological polar surface area (TPSA) is 41.8 Å². The zero-order valence-corrected chi connectivity index (χ0v) is 8.11. The summed E-state index contributed by atoms with van der Waals surface area (Å²) in [5, 5.41) is 1.16. The fourth-order valence-electron chi connectivity index (χ4n) is 1.50. The first kappa shape index (κ1) is 8.26. The molecule has 0 fully saturated rings. The van der Waals surface area contributed by atoms with Crippen molar-refractivity contribution in [2.45, 2.75) is 6.92 Å². The van der Waals surface area contributed by atoms with Crippen LogP contribution in [0, 0.1) is 6.92 Å². The van der Waals surface area contributed by atoms with Crippen molar-refractivity contribution in [2.75, 3.05) is 0 Å². The highest BCUT2D eigenvalue weighted by Gasteiger charge is 2.02. The highest BCUT2D eigenvalue weighted by atomic mass is 32.1. The molecule has 0 unspecified atom stereocenters. The molecule has 2 rings (SSSR count). The van der Waals surface area contributed by atoms with Gasteiger partial charge in [0.25, 0.3) is 0 Å². The molecule has 0 saturated heterocycles. The van der Waals surface area contributed by atoms with Crippen LogP contribution in [0.2, 0.25) is 0 Å². The fraction of sp³-hybridized carbons (Fsp3) is 0.100. The summed E-state index contributed by atoms with van der Waals surface area (Å²) < 4.78 is 0. The molecular weight excluding hydrogens is 180 g/mol. The zero-order valence-electron chi connectivity index (χ0n) is 7.29. The average molecular weight is 190 g/mol. The molecule has 2 nitrogen and oxygen atoms in total. The van der Waals surface area contributed by atoms with E-state index in [1.165, 1.54) is 5.56 Å². The van der Waals surface area contributed by atoms with E-state index in [0.29, 0.717) is 4.99 Å². The molecule has 0 aliphatic carbocycles. The minimum absolute atomic E-state index is 0.450. The second-order valence-corrected chi connectivity index (χ2v) is 3.54. The second-order valence-electron chi connectivity index (χ2n) is 3.10. The predicted molar refractivity (Wildman–Crippen MR) is 58.9 cm³/mol. The smallest absolute Gasteiger partial charge is 0.104 e. The lowest BCUT2D eigenvalue weighted by Crippen LogP contribution is -2.09. The number of hydrogen-bond donors (Lipinski definition) is 2. The van der Waals surface area contributed by atoms with Crippen molar-refractivity contribution in [3.8, 4) is 0 Å². The van der Waals surface area contributed by atoms with Gasteiger partial charge >= 0.3 is 0 Å². The van der Waals surface area contributed by atoms with Crippen LogP contribution in [0.3, 0.4) is 0 Å². The fourth-order valence-corrected chi connectivity index (χ4v) is 1.62. The second kappa shape index (κ2) is 2.85. The molecule has 0 saturated carbocycles. The van der Waals surface area contributed by atoms with Crippen LogP contribution in [-0.2, 0) is 0 Å². The van der Waals surface area contributed by atoms with Gasteiger partial charge in [0.1, 0.15) is 4.99 Å². The highest BCUT2D eigenvalue weighted by molar-refractivity contribution is 7.80. The molecule has 13 heavy (non-hydrogen) atoms. The number of H-pyrrole nitrogens is 1. The Balaban J connectivity index is 2.77. The monoisotopic (exact) mass is 190 g/mol. The Bertz CT molecular complexity index is 471. The molecule has 1 aromatic carbocycles. The number of aromatic amines is 1. The van der Waals surface area contributed by atoms with Gasteiger partial charge in [-0.3, -0.25) is 0 Å². The van der Waals surface area contributed by atoms with Crippen LogP contribution in [0.5, 0.6) is 0 Å². The average Bonchev–Trinajstić information content (AvgIpc) is 2.51. The van der Waals surface area contributed by atoms with Gasteiger partial charge in [-0.05, 0) is 30.7 Å². The number of nitrogens with one attached hydrogen (secondary N) is 1. The van der Waals surface area contributed by atoms with Crippen molar-refractivity contribution < 1.29 is 0 Å². The number of aryl methyl sites for hydroxylation is 1. The van der Waals surface area contributed by atoms with Gasteiger partial charge < -0.3 is 10.7 Å². The number of hydrogen-bond acceptors (Lipinski definition) is 1. The van der Waals surface area contributed by atoms with Crippen LogP contribution in [0.15, 0.2) is 24.4 Å². The molecule has 0 spiro atoms. The molecule has 66 valence electrons. The quantitative estimate of drug-likeness (QED) is 0.676. The van der Waals surface area contributed by atoms with E-state index in [1.807, 2.05) is 31.3 Å². The lowest BCUT2D eigenvalue weighted by Gasteiger charge is -2.01. The molecule has 0 aliphatic heterocycles. The van der Waals surface area contributed by atoms with Crippen LogP contribution < -0.4 is 5.73 Å². The summed E-state index contributed by atoms with van der Waals surface area (Å²) in [4.78, 5) is 3.62. The van der Waals surface area contributed by atoms with Gasteiger partial charge in [0.2, 0.25) is 0 Å². The Kier molecular flexibility index (Phi) is 1.81. The van der Waals surface area contributed by atoms with Gasteiger partial charge in [-0.2, -0.15) is 0 Å². The highest BCUT2D eigenvalue weighted by Crippen LogP contribution is 2.18. The van der Waals surface area contributed by atoms with Crippen LogP contribution >= 0.6 is 12.2 Å². The van der Waals surface area contributed by atoms with E-state index in [0.717, 1.165) is 16.5 Å². The van der Waals surface area contributed by atoms with Gasteiger partial charge in [-0.1, -0.05) is 12.2 Å². The first-order valence-electron chi connectivity index (χ1n) is 4.06. The van der Waals surface area contributed by atoms with E-state index in [-0.39, 0.29) is 0 Å². The molecule has 1 heterocycles. The standard InChI is InChI=1S/C10H10N2S/c1-6-4-8(10(11)13)5-7-2-3-12-9(6)7/h2-5,12H,1H3,(H2,11,13). The van der Waals surface area contributed by atoms with Crippen LogP contribution in [0.25, 0.3) is 10.9 Å². The minimum atomic E-state index is 0.450. The summed E-state index contributed by atoms with van der Waals surface area (Å²) in [6.45, 7) is 2.04. The van der Waals surface area contributed by atoms with E-state index in [2.05, 4.69) is 4.98 Å². The normalized spacial score (nSPS) is 10.5. The molecule has 0 atom stereocenters. The van der Waals surface area contributed by atoms with E-state index in [9.17, 15) is 0 Å². The van der Waals surface area contributed by atoms with Crippen molar-refractivity contribution in [2.24, 2.45) is 5.73 Å². The van der Waals surface area contributed by atoms with Crippen molar-refractivity contribution in [1.29, 1.82) is 0 Å². The maximum atomic E-state index is 5.56. The Morgan fingerprint density at radius 3 is 2.92 bits per heavy atom. The molecule has 0 amide bonds. The van der Waals surface area contributed by atoms with Crippen molar-refractivity contribution >= 4 is 28.1 Å². The Labute approximate surface area is 81.8 Å². The molecule has 0 bridgehead atoms. The molecule has 3 heteroatoms. The Morgan fingerprint density at radius 1 is 1.46 bits per heavy atom. The zero-order chi connectivity index (χ0) is 9.42. The molecule has 0 radical (unpaired) electrons. The Hall–Kier alpha value is -1.35. The van der Waals surface area contributed by atoms with Gasteiger partial charge in [0.05, 0.1) is 0 Å². The van der Waals surface area contributed by atoms with Crippen molar-refractivity contribution in [1.82, 2.24) is 4.98 Å². The minimum Gasteiger partial charge on any atom is -0.389 e. The third-order valence-electron chi connectivity index (χ3n) is 2.14. The lowest BCUT2D eigenvalue weighted by molar-refractivity contribution is 1.41. The van der Waals surface area contributed by atoms with Crippen molar-refractivity contribution in [3.05, 3.63) is 35.5 Å². The third-order valence-corrected chi connectivity index (χ3v) is 2.38. The maximum Gasteiger partial charge on any atom is 0.104 e. The maximum absolute atomic E-state index is 5.56. The first-order chi connectivity index (χ1) is 6.18. The third kappa shape index (κ3) is 1.31. The summed E-state index contributed by atoms with van der Waals surface area (Å²) in [6, 6.07) is 6.02. The van der Waals surface area contributed by atoms with E-state index in [1.54, 1.807) is 0 Å². The lowest BCUT2D eigenvalue weighted by atomic mass is 10.1. The molecule has 0 aliphatic rings. The summed E-state index contributed by atoms with van der Waals surface area (Å²) in [5.74, 6) is 0. The van der Waals surface area contributed by atoms with Crippen LogP contribution in [-0.4, -0.2) is 9.97 Å². The largest absolute Gasteiger partial charge is 0.389 e. The number of rotatable bonds is 1. The summed E-state index contributed by atoms with van der Waals surface area (Å²) in [7, 11) is 0. The van der Waals surface area contributed by atoms with Gasteiger partial charge in [0, 0.05) is 22.7 Å². The van der Waals surface area contributed by atoms with E-state index < -0.39 is 0 Å². The van der Waals surface area contributed by atoms with Gasteiger partial charge in [-0.15, -0.1) is 0 Å². The van der Waals surface area contributed by atoms with E-state index in [4.69, 9.17) is 18.0 Å². The summed E-state index contributed by atoms with van der Waals surface area (Å²) in [6.07, 6.45) is 1.92. The number of benzene rings is 1. The van der Waals surface area contributed by atoms with E-state index >= 15 is 0 Å². The molecular formula is C10H10N2S. The van der Waals surface area contributed by atoms with Gasteiger partial charge in [-0.25, -0.2) is 0 Å². The SMILES string of the molecule is Cc1cc(C(N)=S)cc2cc[nH]c12. The number of thiocarbonyl (C=S) groups is 1. The van der Waals surface area contributed by atoms with Crippen LogP contribution in [0.4, 0.5) is 0 Å². The number of fused-ring (bicyclic) bond motifs is 1. The van der Waals surface area contributed by atoms with Gasteiger partial charge in [0.15, 0.2) is 0 Å². The first-order valence-corrected chi connectivity index (χ1v) is 4.47. The molecule has 2 aromatic rings. The number of aromatic nitrogens is 1. The van der Waals surface area contributed by atoms with Crippen molar-refractivity contribution in [3.63, 3.8) is 0 Å². The summed E-state index contributed by atoms with van der Waals surface area (Å²) >= 11 is 4.93. The summed E-state index contributed by atoms with van der Waals surface area (Å²) in [5.41, 5.74) is 8.82.